The van der Waals surface area contributed by atoms with Crippen molar-refractivity contribution in [3.63, 3.8) is 0 Å². The highest BCUT2D eigenvalue weighted by Gasteiger charge is 2.23. The van der Waals surface area contributed by atoms with Gasteiger partial charge in [-0.05, 0) is 19.1 Å². The molecule has 0 atom stereocenters. The van der Waals surface area contributed by atoms with Crippen LogP contribution in [0.15, 0.2) is 29.1 Å². The van der Waals surface area contributed by atoms with Crippen molar-refractivity contribution in [2.75, 3.05) is 27.4 Å². The lowest BCUT2D eigenvalue weighted by Crippen LogP contribution is -2.17. The molecule has 0 fully saturated rings. The zero-order valence-corrected chi connectivity index (χ0v) is 24.0. The Labute approximate surface area is 247 Å². The normalized spacial score (nSPS) is 10.9. The van der Waals surface area contributed by atoms with E-state index in [9.17, 15) is 23.2 Å². The van der Waals surface area contributed by atoms with E-state index < -0.39 is 42.5 Å². The van der Waals surface area contributed by atoms with Crippen molar-refractivity contribution >= 4 is 34.7 Å². The van der Waals surface area contributed by atoms with E-state index in [0.29, 0.717) is 0 Å². The number of nitrogens with zero attached hydrogens (tertiary/aromatic N) is 3. The maximum absolute atomic E-state index is 14.7. The second-order valence-corrected chi connectivity index (χ2v) is 8.98. The minimum Gasteiger partial charge on any atom is -0.496 e. The molecule has 16 heteroatoms. The van der Waals surface area contributed by atoms with Crippen LogP contribution in [0, 0.1) is 11.6 Å². The highest BCUT2D eigenvalue weighted by atomic mass is 35.5. The number of H-pyrrole nitrogens is 1. The molecule has 0 unspecified atom stereocenters. The molecule has 0 radical (unpaired) electrons. The standard InChI is InChI=1S/C27H25ClF2N4O9/c1-5-40-22(36)12-43-19-8-15(28)17(9-20(19)42-10-14-18(38-3)7-6-16(29)23(14)30)34-25-24(33-27(34)37)26(39-4)32-21(31-25)11-41-13(2)35/h6-9H,5,10-12H2,1-4H3,(H,33,37). The first-order chi connectivity index (χ1) is 20.6. The SMILES string of the molecule is CCOC(=O)COc1cc(Cl)c(-n2c(=O)[nH]c3c(OC)nc(COC(C)=O)nc32)cc1OCc1c(OC)ccc(F)c1F. The van der Waals surface area contributed by atoms with E-state index in [0.717, 1.165) is 10.6 Å². The third-order valence-electron chi connectivity index (χ3n) is 5.80. The molecule has 2 aromatic carbocycles. The topological polar surface area (TPSA) is 153 Å². The number of hydrogen-bond donors (Lipinski definition) is 1. The average molecular weight is 623 g/mol. The van der Waals surface area contributed by atoms with Crippen molar-refractivity contribution < 1.29 is 46.8 Å². The summed E-state index contributed by atoms with van der Waals surface area (Å²) in [7, 11) is 2.60. The third-order valence-corrected chi connectivity index (χ3v) is 6.10. The first-order valence-corrected chi connectivity index (χ1v) is 12.9. The molecule has 43 heavy (non-hydrogen) atoms. The second-order valence-electron chi connectivity index (χ2n) is 8.57. The van der Waals surface area contributed by atoms with Crippen LogP contribution in [0.4, 0.5) is 8.78 Å². The minimum atomic E-state index is -1.19. The molecule has 13 nitrogen and oxygen atoms in total. The van der Waals surface area contributed by atoms with Gasteiger partial charge in [0.05, 0.1) is 37.1 Å². The summed E-state index contributed by atoms with van der Waals surface area (Å²) in [6, 6.07) is 4.67. The lowest BCUT2D eigenvalue weighted by atomic mass is 10.2. The number of carbonyl (C=O) groups is 2. The van der Waals surface area contributed by atoms with E-state index in [2.05, 4.69) is 15.0 Å². The fourth-order valence-corrected chi connectivity index (χ4v) is 4.15. The summed E-state index contributed by atoms with van der Waals surface area (Å²) in [6.45, 7) is 1.54. The summed E-state index contributed by atoms with van der Waals surface area (Å²) in [5, 5.41) is -0.0529. The van der Waals surface area contributed by atoms with Gasteiger partial charge in [0.2, 0.25) is 5.88 Å². The fourth-order valence-electron chi connectivity index (χ4n) is 3.92. The molecule has 228 valence electrons. The van der Waals surface area contributed by atoms with Gasteiger partial charge in [-0.1, -0.05) is 11.6 Å². The van der Waals surface area contributed by atoms with Crippen LogP contribution in [0.2, 0.25) is 5.02 Å². The lowest BCUT2D eigenvalue weighted by molar-refractivity contribution is -0.145. The van der Waals surface area contributed by atoms with E-state index in [-0.39, 0.29) is 69.6 Å². The molecule has 4 aromatic rings. The molecule has 0 saturated carbocycles. The number of rotatable bonds is 12. The third kappa shape index (κ3) is 6.77. The largest absolute Gasteiger partial charge is 0.496 e. The van der Waals surface area contributed by atoms with Crippen molar-refractivity contribution in [3.05, 3.63) is 62.8 Å². The Morgan fingerprint density at radius 1 is 1.00 bits per heavy atom. The maximum atomic E-state index is 14.7. The predicted octanol–water partition coefficient (Wildman–Crippen LogP) is 3.64. The van der Waals surface area contributed by atoms with Gasteiger partial charge in [-0.3, -0.25) is 9.78 Å². The van der Waals surface area contributed by atoms with Gasteiger partial charge in [-0.15, -0.1) is 0 Å². The number of fused-ring (bicyclic) bond motifs is 1. The highest BCUT2D eigenvalue weighted by Crippen LogP contribution is 2.37. The molecule has 4 rings (SSSR count). The Morgan fingerprint density at radius 3 is 2.42 bits per heavy atom. The second kappa shape index (κ2) is 13.4. The van der Waals surface area contributed by atoms with Gasteiger partial charge in [0, 0.05) is 19.1 Å². The Morgan fingerprint density at radius 2 is 1.74 bits per heavy atom. The molecule has 0 aliphatic rings. The van der Waals surface area contributed by atoms with Crippen LogP contribution in [-0.2, 0) is 32.3 Å². The first-order valence-electron chi connectivity index (χ1n) is 12.5. The number of esters is 2. The summed E-state index contributed by atoms with van der Waals surface area (Å²) in [5.41, 5.74) is -0.829. The van der Waals surface area contributed by atoms with E-state index >= 15 is 0 Å². The van der Waals surface area contributed by atoms with Crippen LogP contribution in [-0.4, -0.2) is 58.9 Å². The van der Waals surface area contributed by atoms with Gasteiger partial charge in [-0.2, -0.15) is 4.98 Å². The molecule has 0 aliphatic carbocycles. The van der Waals surface area contributed by atoms with Crippen molar-refractivity contribution in [2.24, 2.45) is 0 Å². The van der Waals surface area contributed by atoms with E-state index in [1.54, 1.807) is 6.92 Å². The molecule has 1 N–H and O–H groups in total. The van der Waals surface area contributed by atoms with Crippen molar-refractivity contribution in [3.8, 4) is 28.8 Å². The molecule has 2 aromatic heterocycles. The molecule has 0 amide bonds. The smallest absolute Gasteiger partial charge is 0.344 e. The zero-order valence-electron chi connectivity index (χ0n) is 23.3. The average Bonchev–Trinajstić information content (AvgIpc) is 3.31. The minimum absolute atomic E-state index is 0.00453. The molecular formula is C27H25ClF2N4O9. The predicted molar refractivity (Wildman–Crippen MR) is 146 cm³/mol. The summed E-state index contributed by atoms with van der Waals surface area (Å²) in [6.07, 6.45) is 0. The zero-order chi connectivity index (χ0) is 31.3. The number of methoxy groups -OCH3 is 2. The van der Waals surface area contributed by atoms with Crippen molar-refractivity contribution in [2.45, 2.75) is 27.1 Å². The van der Waals surface area contributed by atoms with Crippen LogP contribution >= 0.6 is 11.6 Å². The number of aromatic amines is 1. The summed E-state index contributed by atoms with van der Waals surface area (Å²) < 4.78 is 61.4. The van der Waals surface area contributed by atoms with Gasteiger partial charge >= 0.3 is 17.6 Å². The Balaban J connectivity index is 1.84. The molecule has 0 bridgehead atoms. The van der Waals surface area contributed by atoms with Gasteiger partial charge in [0.25, 0.3) is 0 Å². The quantitative estimate of drug-likeness (QED) is 0.230. The number of imidazole rings is 1. The van der Waals surface area contributed by atoms with Gasteiger partial charge in [-0.25, -0.2) is 27.9 Å². The molecular weight excluding hydrogens is 598 g/mol. The highest BCUT2D eigenvalue weighted by molar-refractivity contribution is 6.32. The van der Waals surface area contributed by atoms with Crippen molar-refractivity contribution in [1.29, 1.82) is 0 Å². The number of ether oxygens (including phenoxy) is 6. The molecule has 2 heterocycles. The summed E-state index contributed by atoms with van der Waals surface area (Å²) in [5.74, 6) is -3.77. The van der Waals surface area contributed by atoms with Crippen LogP contribution in [0.5, 0.6) is 23.1 Å². The maximum Gasteiger partial charge on any atom is 0.344 e. The monoisotopic (exact) mass is 622 g/mol. The summed E-state index contributed by atoms with van der Waals surface area (Å²) in [4.78, 5) is 47.5. The number of halogens is 3. The number of benzene rings is 2. The van der Waals surface area contributed by atoms with E-state index in [1.165, 1.54) is 39.3 Å². The Hall–Kier alpha value is -4.92. The first kappa shape index (κ1) is 31.0. The number of nitrogens with one attached hydrogen (secondary N) is 1. The van der Waals surface area contributed by atoms with Gasteiger partial charge < -0.3 is 28.4 Å². The Kier molecular flexibility index (Phi) is 9.65. The number of aromatic nitrogens is 4. The Bertz CT molecular complexity index is 1740. The fraction of sp³-hybridized carbons (Fsp3) is 0.296. The van der Waals surface area contributed by atoms with Crippen LogP contribution in [0.1, 0.15) is 25.2 Å². The molecule has 0 saturated heterocycles. The van der Waals surface area contributed by atoms with Crippen LogP contribution in [0.25, 0.3) is 16.9 Å². The van der Waals surface area contributed by atoms with Crippen LogP contribution in [0.3, 0.4) is 0 Å². The van der Waals surface area contributed by atoms with Crippen LogP contribution < -0.4 is 24.6 Å². The van der Waals surface area contributed by atoms with E-state index in [1.807, 2.05) is 0 Å². The van der Waals surface area contributed by atoms with Gasteiger partial charge in [0.1, 0.15) is 17.9 Å². The van der Waals surface area contributed by atoms with Gasteiger partial charge in [0.15, 0.2) is 47.8 Å². The summed E-state index contributed by atoms with van der Waals surface area (Å²) >= 11 is 6.57. The number of hydrogen-bond acceptors (Lipinski definition) is 11. The van der Waals surface area contributed by atoms with E-state index in [4.69, 9.17) is 40.0 Å². The molecule has 0 aliphatic heterocycles. The lowest BCUT2D eigenvalue weighted by Gasteiger charge is -2.17. The number of carbonyl (C=O) groups excluding carboxylic acids is 2. The van der Waals surface area contributed by atoms with Crippen molar-refractivity contribution in [1.82, 2.24) is 19.5 Å². The molecule has 0 spiro atoms.